The summed E-state index contributed by atoms with van der Waals surface area (Å²) in [5, 5.41) is 13.5. The van der Waals surface area contributed by atoms with Crippen molar-refractivity contribution in [3.8, 4) is 10.6 Å². The predicted molar refractivity (Wildman–Crippen MR) is 76.4 cm³/mol. The van der Waals surface area contributed by atoms with Crippen LogP contribution < -0.4 is 5.73 Å². The van der Waals surface area contributed by atoms with Gasteiger partial charge in [-0.05, 0) is 31.0 Å². The molecule has 0 radical (unpaired) electrons. The van der Waals surface area contributed by atoms with Gasteiger partial charge in [-0.2, -0.15) is 9.61 Å². The van der Waals surface area contributed by atoms with Gasteiger partial charge in [0, 0.05) is 12.2 Å². The third kappa shape index (κ3) is 2.07. The molecule has 2 aromatic heterocycles. The van der Waals surface area contributed by atoms with E-state index < -0.39 is 5.82 Å². The van der Waals surface area contributed by atoms with Gasteiger partial charge < -0.3 is 10.5 Å². The summed E-state index contributed by atoms with van der Waals surface area (Å²) in [6, 6.07) is 4.57. The summed E-state index contributed by atoms with van der Waals surface area (Å²) in [6.45, 7) is 0.741. The number of rotatable bonds is 2. The van der Waals surface area contributed by atoms with Crippen molar-refractivity contribution in [2.75, 3.05) is 12.3 Å². The number of anilines is 1. The number of halogens is 1. The fourth-order valence-electron chi connectivity index (χ4n) is 2.41. The Morgan fingerprint density at radius 1 is 1.38 bits per heavy atom. The van der Waals surface area contributed by atoms with Gasteiger partial charge in [0.05, 0.1) is 5.69 Å². The molecule has 1 aliphatic heterocycles. The number of nitrogen functional groups attached to an aromatic ring is 1. The fraction of sp³-hybridized carbons (Fsp3) is 0.308. The van der Waals surface area contributed by atoms with Crippen LogP contribution in [0.25, 0.3) is 15.5 Å². The number of nitrogens with two attached hydrogens (primary N) is 1. The average Bonchev–Trinajstić information content (AvgIpc) is 3.16. The highest BCUT2D eigenvalue weighted by Crippen LogP contribution is 2.31. The Balaban J connectivity index is 1.78. The van der Waals surface area contributed by atoms with E-state index in [0.29, 0.717) is 4.96 Å². The summed E-state index contributed by atoms with van der Waals surface area (Å²) in [5.41, 5.74) is 6.48. The molecular weight excluding hydrogens is 293 g/mol. The van der Waals surface area contributed by atoms with Crippen LogP contribution in [0.5, 0.6) is 0 Å². The van der Waals surface area contributed by atoms with Crippen molar-refractivity contribution in [3.05, 3.63) is 29.8 Å². The predicted octanol–water partition coefficient (Wildman–Crippen LogP) is 2.43. The van der Waals surface area contributed by atoms with Crippen LogP contribution in [0, 0.1) is 5.82 Å². The van der Waals surface area contributed by atoms with Gasteiger partial charge in [0.1, 0.15) is 16.9 Å². The minimum absolute atomic E-state index is 0.0479. The van der Waals surface area contributed by atoms with Gasteiger partial charge in [-0.15, -0.1) is 10.2 Å². The zero-order valence-electron chi connectivity index (χ0n) is 11.0. The van der Waals surface area contributed by atoms with Gasteiger partial charge in [-0.1, -0.05) is 11.3 Å². The first-order valence-electron chi connectivity index (χ1n) is 6.61. The summed E-state index contributed by atoms with van der Waals surface area (Å²) in [5.74, 6) is 0.293. The lowest BCUT2D eigenvalue weighted by Crippen LogP contribution is -2.03. The van der Waals surface area contributed by atoms with Crippen LogP contribution in [0.1, 0.15) is 24.8 Å². The standard InChI is InChI=1S/C13H12FN5OS/c14-8-4-3-7(6-9(8)15)12-18-19-11(10-2-1-5-20-10)16-17-13(19)21-12/h3-4,6,10H,1-2,5,15H2. The third-order valence-electron chi connectivity index (χ3n) is 3.48. The maximum absolute atomic E-state index is 13.2. The van der Waals surface area contributed by atoms with E-state index in [1.54, 1.807) is 16.6 Å². The average molecular weight is 305 g/mol. The first kappa shape index (κ1) is 12.7. The second-order valence-corrected chi connectivity index (χ2v) is 5.85. The molecule has 2 N–H and O–H groups in total. The Morgan fingerprint density at radius 2 is 2.29 bits per heavy atom. The molecule has 6 nitrogen and oxygen atoms in total. The quantitative estimate of drug-likeness (QED) is 0.736. The Bertz CT molecular complexity index is 808. The van der Waals surface area contributed by atoms with Gasteiger partial charge in [0.15, 0.2) is 5.82 Å². The number of aromatic nitrogens is 4. The SMILES string of the molecule is Nc1cc(-c2nn3c(C4CCCO4)nnc3s2)ccc1F. The maximum atomic E-state index is 13.2. The van der Waals surface area contributed by atoms with Crippen molar-refractivity contribution in [3.63, 3.8) is 0 Å². The van der Waals surface area contributed by atoms with E-state index in [4.69, 9.17) is 10.5 Å². The molecule has 0 spiro atoms. The van der Waals surface area contributed by atoms with E-state index in [0.717, 1.165) is 35.8 Å². The Kier molecular flexibility index (Phi) is 2.86. The van der Waals surface area contributed by atoms with Crippen LogP contribution in [-0.4, -0.2) is 26.4 Å². The van der Waals surface area contributed by atoms with Crippen LogP contribution in [-0.2, 0) is 4.74 Å². The molecule has 0 bridgehead atoms. The molecule has 1 unspecified atom stereocenters. The lowest BCUT2D eigenvalue weighted by atomic mass is 10.2. The second kappa shape index (κ2) is 4.74. The van der Waals surface area contributed by atoms with Crippen LogP contribution in [0.4, 0.5) is 10.1 Å². The highest BCUT2D eigenvalue weighted by Gasteiger charge is 2.25. The molecule has 0 aliphatic carbocycles. The molecule has 1 aromatic carbocycles. The molecule has 4 rings (SSSR count). The van der Waals surface area contributed by atoms with Crippen molar-refractivity contribution in [1.29, 1.82) is 0 Å². The summed E-state index contributed by atoms with van der Waals surface area (Å²) < 4.78 is 20.6. The van der Waals surface area contributed by atoms with Crippen molar-refractivity contribution in [1.82, 2.24) is 19.8 Å². The smallest absolute Gasteiger partial charge is 0.235 e. The molecule has 108 valence electrons. The Hall–Kier alpha value is -2.06. The van der Waals surface area contributed by atoms with Crippen molar-refractivity contribution in [2.24, 2.45) is 0 Å². The summed E-state index contributed by atoms with van der Waals surface area (Å²) in [7, 11) is 0. The number of benzene rings is 1. The first-order valence-corrected chi connectivity index (χ1v) is 7.43. The lowest BCUT2D eigenvalue weighted by molar-refractivity contribution is 0.103. The van der Waals surface area contributed by atoms with E-state index in [1.807, 2.05) is 0 Å². The van der Waals surface area contributed by atoms with E-state index in [2.05, 4.69) is 15.3 Å². The molecule has 0 amide bonds. The third-order valence-corrected chi connectivity index (χ3v) is 4.42. The van der Waals surface area contributed by atoms with E-state index in [-0.39, 0.29) is 11.8 Å². The number of ether oxygens (including phenoxy) is 1. The second-order valence-electron chi connectivity index (χ2n) is 4.90. The normalized spacial score (nSPS) is 18.6. The van der Waals surface area contributed by atoms with Crippen LogP contribution in [0.3, 0.4) is 0 Å². The molecule has 1 atom stereocenters. The minimum Gasteiger partial charge on any atom is -0.396 e. The molecule has 21 heavy (non-hydrogen) atoms. The molecule has 1 fully saturated rings. The van der Waals surface area contributed by atoms with Crippen molar-refractivity contribution in [2.45, 2.75) is 18.9 Å². The Morgan fingerprint density at radius 3 is 3.05 bits per heavy atom. The number of fused-ring (bicyclic) bond motifs is 1. The summed E-state index contributed by atoms with van der Waals surface area (Å²) in [4.78, 5) is 0.693. The molecule has 1 aliphatic rings. The van der Waals surface area contributed by atoms with Crippen molar-refractivity contribution >= 4 is 22.0 Å². The van der Waals surface area contributed by atoms with Gasteiger partial charge in [0.2, 0.25) is 4.96 Å². The van der Waals surface area contributed by atoms with Crippen LogP contribution in [0.15, 0.2) is 18.2 Å². The number of nitrogens with zero attached hydrogens (tertiary/aromatic N) is 4. The van der Waals surface area contributed by atoms with Gasteiger partial charge >= 0.3 is 0 Å². The maximum Gasteiger partial charge on any atom is 0.235 e. The van der Waals surface area contributed by atoms with Crippen LogP contribution in [0.2, 0.25) is 0 Å². The zero-order valence-corrected chi connectivity index (χ0v) is 11.8. The summed E-state index contributed by atoms with van der Waals surface area (Å²) in [6.07, 6.45) is 1.90. The monoisotopic (exact) mass is 305 g/mol. The van der Waals surface area contributed by atoms with Gasteiger partial charge in [-0.25, -0.2) is 4.39 Å². The topological polar surface area (TPSA) is 78.3 Å². The minimum atomic E-state index is -0.429. The number of hydrogen-bond acceptors (Lipinski definition) is 6. The molecular formula is C13H12FN5OS. The van der Waals surface area contributed by atoms with E-state index in [1.165, 1.54) is 17.4 Å². The molecule has 8 heteroatoms. The van der Waals surface area contributed by atoms with E-state index in [9.17, 15) is 4.39 Å². The van der Waals surface area contributed by atoms with Crippen molar-refractivity contribution < 1.29 is 9.13 Å². The van der Waals surface area contributed by atoms with E-state index >= 15 is 0 Å². The lowest BCUT2D eigenvalue weighted by Gasteiger charge is -2.04. The first-order chi connectivity index (χ1) is 10.2. The molecule has 1 saturated heterocycles. The van der Waals surface area contributed by atoms with Gasteiger partial charge in [-0.3, -0.25) is 0 Å². The largest absolute Gasteiger partial charge is 0.396 e. The number of hydrogen-bond donors (Lipinski definition) is 1. The fourth-order valence-corrected chi connectivity index (χ4v) is 3.25. The highest BCUT2D eigenvalue weighted by atomic mass is 32.1. The van der Waals surface area contributed by atoms with Gasteiger partial charge in [0.25, 0.3) is 0 Å². The summed E-state index contributed by atoms with van der Waals surface area (Å²) >= 11 is 1.39. The molecule has 0 saturated carbocycles. The Labute approximate surface area is 123 Å². The molecule has 3 aromatic rings. The molecule has 3 heterocycles. The highest BCUT2D eigenvalue weighted by molar-refractivity contribution is 7.19. The van der Waals surface area contributed by atoms with Crippen LogP contribution >= 0.6 is 11.3 Å². The zero-order chi connectivity index (χ0) is 14.4.